The normalized spacial score (nSPS) is 12.4. The quantitative estimate of drug-likeness (QED) is 0.334. The third kappa shape index (κ3) is 5.40. The van der Waals surface area contributed by atoms with Gasteiger partial charge < -0.3 is 10.1 Å². The van der Waals surface area contributed by atoms with Gasteiger partial charge in [-0.3, -0.25) is 19.8 Å². The van der Waals surface area contributed by atoms with Crippen molar-refractivity contribution >= 4 is 42.1 Å². The summed E-state index contributed by atoms with van der Waals surface area (Å²) >= 11 is 1.44. The van der Waals surface area contributed by atoms with E-state index in [9.17, 15) is 19.6 Å². The van der Waals surface area contributed by atoms with E-state index in [1.807, 2.05) is 0 Å². The van der Waals surface area contributed by atoms with Gasteiger partial charge >= 0.3 is 6.03 Å². The number of methoxy groups -OCH3 is 1. The van der Waals surface area contributed by atoms with Gasteiger partial charge in [0, 0.05) is 42.6 Å². The Kier molecular flexibility index (Phi) is 8.13. The zero-order chi connectivity index (χ0) is 22.9. The highest BCUT2D eigenvalue weighted by atomic mass is 32.2. The Hall–Kier alpha value is -3.49. The number of urea groups is 1. The summed E-state index contributed by atoms with van der Waals surface area (Å²) in [5, 5.41) is 14.6. The highest BCUT2D eigenvalue weighted by molar-refractivity contribution is 7.99. The first-order chi connectivity index (χ1) is 15.6. The highest BCUT2D eigenvalue weighted by Crippen LogP contribution is 2.29. The fourth-order valence-corrected chi connectivity index (χ4v) is 4.19. The molecule has 11 heteroatoms. The van der Waals surface area contributed by atoms with Gasteiger partial charge in [-0.15, -0.1) is 11.8 Å². The number of carbonyl (C=O) groups excluding carboxylic acids is 3. The first-order valence-corrected chi connectivity index (χ1v) is 10.8. The van der Waals surface area contributed by atoms with Gasteiger partial charge in [0.05, 0.1) is 12.2 Å². The maximum absolute atomic E-state index is 13.0. The van der Waals surface area contributed by atoms with E-state index < -0.39 is 6.03 Å². The molecule has 0 bridgehead atoms. The van der Waals surface area contributed by atoms with Crippen LogP contribution in [-0.4, -0.2) is 54.7 Å². The second-order valence-electron chi connectivity index (χ2n) is 6.84. The van der Waals surface area contributed by atoms with E-state index >= 15 is 0 Å². The Balaban J connectivity index is 1.82. The molecular weight excluding hydrogens is 432 g/mol. The van der Waals surface area contributed by atoms with Gasteiger partial charge in [-0.1, -0.05) is 0 Å². The van der Waals surface area contributed by atoms with Crippen molar-refractivity contribution < 1.29 is 19.1 Å². The van der Waals surface area contributed by atoms with Crippen molar-refractivity contribution in [2.45, 2.75) is 24.3 Å². The van der Waals surface area contributed by atoms with Crippen molar-refractivity contribution in [2.24, 2.45) is 0 Å². The molecule has 1 aliphatic heterocycles. The Morgan fingerprint density at radius 2 is 2.25 bits per heavy atom. The average Bonchev–Trinajstić information content (AvgIpc) is 2.82. The molecule has 1 aliphatic rings. The third-order valence-electron chi connectivity index (χ3n) is 4.77. The summed E-state index contributed by atoms with van der Waals surface area (Å²) in [5.74, 6) is 1.37. The number of aldehydes is 1. The standard InChI is InChI=1S/C21H22N6O4S/c1-31-5-6-32-18-8-19(24-11-16(18)9-22)26-21(30)27-4-2-3-14-7-15(10-23-13-29)17(12-28)25-20(14)27/h7-8,11-13H,2-6,10H2,1H3,(H,23,29)(H,24,26,30). The Labute approximate surface area is 189 Å². The number of amides is 3. The Morgan fingerprint density at radius 1 is 1.41 bits per heavy atom. The fraction of sp³-hybridized carbons (Fsp3) is 0.333. The van der Waals surface area contributed by atoms with Crippen molar-refractivity contribution in [1.82, 2.24) is 15.3 Å². The molecule has 3 amide bonds. The van der Waals surface area contributed by atoms with E-state index in [4.69, 9.17) is 4.74 Å². The molecule has 32 heavy (non-hydrogen) atoms. The molecule has 10 nitrogen and oxygen atoms in total. The molecule has 0 fully saturated rings. The number of pyridine rings is 2. The summed E-state index contributed by atoms with van der Waals surface area (Å²) in [5.41, 5.74) is 2.01. The fourth-order valence-electron chi connectivity index (χ4n) is 3.27. The number of nitrogens with zero attached hydrogens (tertiary/aromatic N) is 4. The number of rotatable bonds is 9. The summed E-state index contributed by atoms with van der Waals surface area (Å²) in [4.78, 5) is 45.8. The molecule has 0 radical (unpaired) electrons. The number of carbonyl (C=O) groups is 3. The Morgan fingerprint density at radius 3 is 2.97 bits per heavy atom. The van der Waals surface area contributed by atoms with E-state index in [0.29, 0.717) is 65.7 Å². The molecule has 2 aromatic rings. The summed E-state index contributed by atoms with van der Waals surface area (Å²) < 4.78 is 5.04. The topological polar surface area (TPSA) is 137 Å². The Bertz CT molecular complexity index is 1060. The van der Waals surface area contributed by atoms with Crippen molar-refractivity contribution in [3.8, 4) is 6.07 Å². The van der Waals surface area contributed by atoms with Gasteiger partial charge in [-0.25, -0.2) is 14.8 Å². The molecule has 0 aromatic carbocycles. The lowest BCUT2D eigenvalue weighted by Gasteiger charge is -2.29. The monoisotopic (exact) mass is 454 g/mol. The molecule has 0 saturated carbocycles. The number of thioether (sulfide) groups is 1. The van der Waals surface area contributed by atoms with Crippen molar-refractivity contribution in [2.75, 3.05) is 36.2 Å². The van der Waals surface area contributed by atoms with E-state index in [2.05, 4.69) is 26.7 Å². The molecule has 0 unspecified atom stereocenters. The van der Waals surface area contributed by atoms with Crippen LogP contribution in [0.25, 0.3) is 0 Å². The number of aryl methyl sites for hydroxylation is 1. The minimum Gasteiger partial charge on any atom is -0.384 e. The molecule has 0 spiro atoms. The number of nitrogens with one attached hydrogen (secondary N) is 2. The van der Waals surface area contributed by atoms with Gasteiger partial charge in [-0.2, -0.15) is 5.26 Å². The van der Waals surface area contributed by atoms with E-state index in [-0.39, 0.29) is 12.2 Å². The van der Waals surface area contributed by atoms with E-state index in [1.165, 1.54) is 22.9 Å². The second kappa shape index (κ2) is 11.2. The predicted octanol–water partition coefficient (Wildman–Crippen LogP) is 2.13. The van der Waals surface area contributed by atoms with Gasteiger partial charge in [0.25, 0.3) is 0 Å². The molecule has 0 saturated heterocycles. The lowest BCUT2D eigenvalue weighted by molar-refractivity contribution is -0.109. The van der Waals surface area contributed by atoms with Gasteiger partial charge in [-0.05, 0) is 30.5 Å². The number of ether oxygens (including phenoxy) is 1. The number of anilines is 2. The molecule has 2 N–H and O–H groups in total. The number of hydrogen-bond donors (Lipinski definition) is 2. The number of fused-ring (bicyclic) bond motifs is 1. The predicted molar refractivity (Wildman–Crippen MR) is 119 cm³/mol. The largest absolute Gasteiger partial charge is 0.384 e. The van der Waals surface area contributed by atoms with Crippen LogP contribution in [0, 0.1) is 11.3 Å². The smallest absolute Gasteiger partial charge is 0.328 e. The zero-order valence-corrected chi connectivity index (χ0v) is 18.3. The van der Waals surface area contributed by atoms with Crippen LogP contribution in [-0.2, 0) is 22.5 Å². The summed E-state index contributed by atoms with van der Waals surface area (Å²) in [7, 11) is 1.60. The van der Waals surface area contributed by atoms with E-state index in [1.54, 1.807) is 19.2 Å². The maximum Gasteiger partial charge on any atom is 0.328 e. The minimum absolute atomic E-state index is 0.172. The van der Waals surface area contributed by atoms with Gasteiger partial charge in [0.1, 0.15) is 23.4 Å². The third-order valence-corrected chi connectivity index (χ3v) is 5.79. The first kappa shape index (κ1) is 23.2. The molecule has 0 atom stereocenters. The lowest BCUT2D eigenvalue weighted by Crippen LogP contribution is -2.40. The van der Waals surface area contributed by atoms with Crippen LogP contribution in [0.1, 0.15) is 33.6 Å². The minimum atomic E-state index is -0.431. The summed E-state index contributed by atoms with van der Waals surface area (Å²) in [6, 6.07) is 5.11. The van der Waals surface area contributed by atoms with Crippen molar-refractivity contribution in [3.05, 3.63) is 40.7 Å². The zero-order valence-electron chi connectivity index (χ0n) is 17.5. The molecule has 3 heterocycles. The number of nitriles is 1. The van der Waals surface area contributed by atoms with Gasteiger partial charge in [0.15, 0.2) is 6.29 Å². The van der Waals surface area contributed by atoms with Crippen LogP contribution < -0.4 is 15.5 Å². The van der Waals surface area contributed by atoms with Crippen LogP contribution in [0.15, 0.2) is 23.2 Å². The highest BCUT2D eigenvalue weighted by Gasteiger charge is 2.26. The molecule has 3 rings (SSSR count). The SMILES string of the molecule is COCCSc1cc(NC(=O)N2CCCc3cc(CNC=O)c(C=O)nc32)ncc1C#N. The van der Waals surface area contributed by atoms with Crippen LogP contribution >= 0.6 is 11.8 Å². The average molecular weight is 455 g/mol. The lowest BCUT2D eigenvalue weighted by atomic mass is 10.0. The summed E-state index contributed by atoms with van der Waals surface area (Å²) in [6.45, 7) is 1.14. The van der Waals surface area contributed by atoms with Crippen molar-refractivity contribution in [1.29, 1.82) is 5.26 Å². The molecule has 2 aromatic heterocycles. The second-order valence-corrected chi connectivity index (χ2v) is 7.97. The van der Waals surface area contributed by atoms with Crippen LogP contribution in [0.3, 0.4) is 0 Å². The molecule has 166 valence electrons. The number of aromatic nitrogens is 2. The maximum atomic E-state index is 13.0. The van der Waals surface area contributed by atoms with Crippen LogP contribution in [0.5, 0.6) is 0 Å². The molecular formula is C21H22N6O4S. The van der Waals surface area contributed by atoms with Crippen molar-refractivity contribution in [3.63, 3.8) is 0 Å². The number of hydrogen-bond acceptors (Lipinski definition) is 8. The van der Waals surface area contributed by atoms with Crippen LogP contribution in [0.2, 0.25) is 0 Å². The molecule has 0 aliphatic carbocycles. The van der Waals surface area contributed by atoms with Crippen LogP contribution in [0.4, 0.5) is 16.4 Å². The first-order valence-electron chi connectivity index (χ1n) is 9.86. The van der Waals surface area contributed by atoms with Gasteiger partial charge in [0.2, 0.25) is 6.41 Å². The summed E-state index contributed by atoms with van der Waals surface area (Å²) in [6.07, 6.45) is 4.01. The van der Waals surface area contributed by atoms with E-state index in [0.717, 1.165) is 12.0 Å².